The number of aryl methyl sites for hydroxylation is 1. The van der Waals surface area contributed by atoms with Crippen LogP contribution in [0.3, 0.4) is 0 Å². The van der Waals surface area contributed by atoms with Crippen molar-refractivity contribution < 1.29 is 9.90 Å². The molecule has 0 bridgehead atoms. The van der Waals surface area contributed by atoms with Crippen LogP contribution in [0.5, 0.6) is 0 Å². The van der Waals surface area contributed by atoms with Gasteiger partial charge in [-0.3, -0.25) is 9.78 Å². The fourth-order valence-corrected chi connectivity index (χ4v) is 1.89. The summed E-state index contributed by atoms with van der Waals surface area (Å²) in [5, 5.41) is 13.2. The molecule has 2 aromatic heterocycles. The number of aromatic nitrogens is 4. The maximum atomic E-state index is 12.0. The van der Waals surface area contributed by atoms with E-state index in [4.69, 9.17) is 5.11 Å². The molecule has 114 valence electrons. The van der Waals surface area contributed by atoms with Gasteiger partial charge in [-0.05, 0) is 24.6 Å². The number of carboxylic acids is 1. The number of hydrogen-bond donors (Lipinski definition) is 2. The monoisotopic (exact) mass is 300 g/mol. The molecule has 0 aliphatic rings. The van der Waals surface area contributed by atoms with E-state index in [1.165, 1.54) is 17.1 Å². The summed E-state index contributed by atoms with van der Waals surface area (Å²) in [7, 11) is 0. The average molecular weight is 300 g/mol. The van der Waals surface area contributed by atoms with Gasteiger partial charge in [-0.15, -0.1) is 0 Å². The highest BCUT2D eigenvalue weighted by Crippen LogP contribution is 2.11. The number of aromatic carboxylic acids is 1. The second-order valence-electron chi connectivity index (χ2n) is 4.39. The number of aromatic amines is 1. The summed E-state index contributed by atoms with van der Waals surface area (Å²) in [4.78, 5) is 29.7. The third-order valence-electron chi connectivity index (χ3n) is 2.90. The van der Waals surface area contributed by atoms with Gasteiger partial charge in [-0.1, -0.05) is 19.9 Å². The van der Waals surface area contributed by atoms with Crippen LogP contribution in [0, 0.1) is 6.92 Å². The van der Waals surface area contributed by atoms with Crippen LogP contribution in [0.25, 0.3) is 16.9 Å². The zero-order valence-electron chi connectivity index (χ0n) is 12.5. The molecule has 3 aromatic rings. The summed E-state index contributed by atoms with van der Waals surface area (Å²) >= 11 is 0. The van der Waals surface area contributed by atoms with Gasteiger partial charge < -0.3 is 5.11 Å². The van der Waals surface area contributed by atoms with Crippen molar-refractivity contribution in [3.05, 3.63) is 52.1 Å². The second-order valence-corrected chi connectivity index (χ2v) is 4.39. The molecule has 0 unspecified atom stereocenters. The summed E-state index contributed by atoms with van der Waals surface area (Å²) in [6.45, 7) is 5.90. The van der Waals surface area contributed by atoms with Crippen LogP contribution in [0.4, 0.5) is 0 Å². The van der Waals surface area contributed by atoms with Gasteiger partial charge in [0.2, 0.25) is 5.95 Å². The van der Waals surface area contributed by atoms with Gasteiger partial charge in [0.15, 0.2) is 0 Å². The van der Waals surface area contributed by atoms with Gasteiger partial charge in [0, 0.05) is 6.20 Å². The number of benzene rings is 1. The molecule has 0 amide bonds. The lowest BCUT2D eigenvalue weighted by atomic mass is 10.2. The number of nitrogens with zero attached hydrogens (tertiary/aromatic N) is 3. The van der Waals surface area contributed by atoms with Gasteiger partial charge in [-0.25, -0.2) is 14.5 Å². The highest BCUT2D eigenvalue weighted by atomic mass is 16.4. The lowest BCUT2D eigenvalue weighted by molar-refractivity contribution is 0.0697. The van der Waals surface area contributed by atoms with Crippen LogP contribution in [-0.2, 0) is 0 Å². The van der Waals surface area contributed by atoms with Gasteiger partial charge in [0.25, 0.3) is 5.56 Å². The van der Waals surface area contributed by atoms with Crippen molar-refractivity contribution in [3.8, 4) is 5.95 Å². The molecule has 1 aromatic carbocycles. The van der Waals surface area contributed by atoms with Crippen molar-refractivity contribution in [2.24, 2.45) is 0 Å². The molecule has 3 rings (SSSR count). The summed E-state index contributed by atoms with van der Waals surface area (Å²) in [6.07, 6.45) is 2.49. The standard InChI is InChI=1S/C13H10N4O3.C2H6/c1-7-2-3-9-10(4-7)15-13(16-11(9)18)17-6-8(5-14-17)12(19)20;1-2/h2-6H,1H3,(H,19,20)(H,15,16,18);1-2H3. The van der Waals surface area contributed by atoms with Crippen LogP contribution >= 0.6 is 0 Å². The summed E-state index contributed by atoms with van der Waals surface area (Å²) in [6, 6.07) is 5.32. The molecule has 2 N–H and O–H groups in total. The fraction of sp³-hybridized carbons (Fsp3) is 0.200. The van der Waals surface area contributed by atoms with Crippen molar-refractivity contribution in [1.82, 2.24) is 19.7 Å². The van der Waals surface area contributed by atoms with E-state index >= 15 is 0 Å². The largest absolute Gasteiger partial charge is 0.478 e. The predicted molar refractivity (Wildman–Crippen MR) is 82.5 cm³/mol. The van der Waals surface area contributed by atoms with Gasteiger partial charge >= 0.3 is 5.97 Å². The Kier molecular flexibility index (Phi) is 4.36. The normalized spacial score (nSPS) is 10.1. The Bertz CT molecular complexity index is 880. The lowest BCUT2D eigenvalue weighted by Crippen LogP contribution is -2.13. The molecule has 2 heterocycles. The molecular formula is C15H16N4O3. The molecule has 0 radical (unpaired) electrons. The molecule has 0 fully saturated rings. The van der Waals surface area contributed by atoms with Crippen molar-refractivity contribution in [2.75, 3.05) is 0 Å². The van der Waals surface area contributed by atoms with Crippen molar-refractivity contribution in [1.29, 1.82) is 0 Å². The smallest absolute Gasteiger partial charge is 0.338 e. The first kappa shape index (κ1) is 15.4. The predicted octanol–water partition coefficient (Wildman–Crippen LogP) is 2.14. The highest BCUT2D eigenvalue weighted by Gasteiger charge is 2.10. The van der Waals surface area contributed by atoms with Crippen molar-refractivity contribution >= 4 is 16.9 Å². The van der Waals surface area contributed by atoms with Crippen molar-refractivity contribution in [2.45, 2.75) is 20.8 Å². The summed E-state index contributed by atoms with van der Waals surface area (Å²) in [5.74, 6) is -0.907. The molecule has 0 aliphatic heterocycles. The Morgan fingerprint density at radius 1 is 1.32 bits per heavy atom. The Morgan fingerprint density at radius 3 is 2.68 bits per heavy atom. The SMILES string of the molecule is CC.Cc1ccc2c(=O)[nH]c(-n3cc(C(=O)O)cn3)nc2c1. The summed E-state index contributed by atoms with van der Waals surface area (Å²) < 4.78 is 1.23. The van der Waals surface area contributed by atoms with Crippen LogP contribution in [0.2, 0.25) is 0 Å². The molecule has 7 nitrogen and oxygen atoms in total. The molecule has 0 spiro atoms. The third-order valence-corrected chi connectivity index (χ3v) is 2.90. The number of rotatable bonds is 2. The van der Waals surface area contributed by atoms with Crippen LogP contribution in [0.15, 0.2) is 35.4 Å². The third kappa shape index (κ3) is 2.88. The van der Waals surface area contributed by atoms with Gasteiger partial charge in [-0.2, -0.15) is 5.10 Å². The number of hydrogen-bond acceptors (Lipinski definition) is 4. The number of carboxylic acid groups (broad SMARTS) is 1. The van der Waals surface area contributed by atoms with Crippen LogP contribution in [0.1, 0.15) is 29.8 Å². The zero-order valence-corrected chi connectivity index (χ0v) is 12.5. The van der Waals surface area contributed by atoms with E-state index in [1.807, 2.05) is 26.8 Å². The lowest BCUT2D eigenvalue weighted by Gasteiger charge is -2.03. The van der Waals surface area contributed by atoms with E-state index < -0.39 is 5.97 Å². The second kappa shape index (κ2) is 6.21. The molecule has 0 saturated heterocycles. The minimum Gasteiger partial charge on any atom is -0.478 e. The Morgan fingerprint density at radius 2 is 2.05 bits per heavy atom. The Hall–Kier alpha value is -2.96. The number of fused-ring (bicyclic) bond motifs is 1. The van der Waals surface area contributed by atoms with E-state index in [-0.39, 0.29) is 17.1 Å². The van der Waals surface area contributed by atoms with E-state index in [9.17, 15) is 9.59 Å². The molecule has 22 heavy (non-hydrogen) atoms. The zero-order chi connectivity index (χ0) is 16.3. The van der Waals surface area contributed by atoms with E-state index in [0.717, 1.165) is 5.56 Å². The molecule has 0 saturated carbocycles. The Labute approximate surface area is 126 Å². The minimum atomic E-state index is -1.09. The number of carbonyl (C=O) groups is 1. The van der Waals surface area contributed by atoms with Crippen molar-refractivity contribution in [3.63, 3.8) is 0 Å². The number of H-pyrrole nitrogens is 1. The fourth-order valence-electron chi connectivity index (χ4n) is 1.89. The van der Waals surface area contributed by atoms with Crippen LogP contribution in [-0.4, -0.2) is 30.8 Å². The first-order valence-corrected chi connectivity index (χ1v) is 6.83. The molecule has 7 heteroatoms. The molecule has 0 aliphatic carbocycles. The first-order valence-electron chi connectivity index (χ1n) is 6.83. The van der Waals surface area contributed by atoms with Gasteiger partial charge in [0.1, 0.15) is 0 Å². The van der Waals surface area contributed by atoms with Gasteiger partial charge in [0.05, 0.1) is 22.7 Å². The summed E-state index contributed by atoms with van der Waals surface area (Å²) in [5.41, 5.74) is 1.25. The van der Waals surface area contributed by atoms with E-state index in [1.54, 1.807) is 12.1 Å². The molecule has 0 atom stereocenters. The average Bonchev–Trinajstić information content (AvgIpc) is 2.99. The maximum Gasteiger partial charge on any atom is 0.338 e. The Balaban J connectivity index is 0.000000847. The minimum absolute atomic E-state index is 0.0250. The van der Waals surface area contributed by atoms with E-state index in [0.29, 0.717) is 10.9 Å². The first-order chi connectivity index (χ1) is 10.5. The molecular weight excluding hydrogens is 284 g/mol. The quantitative estimate of drug-likeness (QED) is 0.755. The maximum absolute atomic E-state index is 12.0. The van der Waals surface area contributed by atoms with Crippen LogP contribution < -0.4 is 5.56 Å². The number of nitrogens with one attached hydrogen (secondary N) is 1. The van der Waals surface area contributed by atoms with E-state index in [2.05, 4.69) is 15.1 Å². The highest BCUT2D eigenvalue weighted by molar-refractivity contribution is 5.87. The topological polar surface area (TPSA) is 101 Å².